The Labute approximate surface area is 109 Å². The fraction of sp³-hybridized carbons (Fsp3) is 0.643. The summed E-state index contributed by atoms with van der Waals surface area (Å²) in [6, 6.07) is 6.96. The standard InChI is InChI=1S/C14H23N3O/c1-17(13-8-6-11(15)7-9-13)10-12-4-3-5-14(16-12)18-2/h3-5,11,13H,6-10,15H2,1-2H3. The van der Waals surface area contributed by atoms with Crippen molar-refractivity contribution in [2.45, 2.75) is 44.3 Å². The van der Waals surface area contributed by atoms with Gasteiger partial charge in [0.25, 0.3) is 0 Å². The van der Waals surface area contributed by atoms with Crippen molar-refractivity contribution in [1.29, 1.82) is 0 Å². The number of pyridine rings is 1. The van der Waals surface area contributed by atoms with E-state index in [1.165, 1.54) is 12.8 Å². The highest BCUT2D eigenvalue weighted by Crippen LogP contribution is 2.22. The maximum Gasteiger partial charge on any atom is 0.213 e. The molecule has 100 valence electrons. The van der Waals surface area contributed by atoms with Crippen molar-refractivity contribution in [2.75, 3.05) is 14.2 Å². The highest BCUT2D eigenvalue weighted by atomic mass is 16.5. The number of rotatable bonds is 4. The summed E-state index contributed by atoms with van der Waals surface area (Å²) in [6.45, 7) is 0.872. The van der Waals surface area contributed by atoms with Crippen molar-refractivity contribution in [3.63, 3.8) is 0 Å². The minimum absolute atomic E-state index is 0.407. The SMILES string of the molecule is COc1cccc(CN(C)C2CCC(N)CC2)n1. The molecule has 0 radical (unpaired) electrons. The molecule has 0 aliphatic heterocycles. The van der Waals surface area contributed by atoms with E-state index in [-0.39, 0.29) is 0 Å². The van der Waals surface area contributed by atoms with Crippen LogP contribution in [0.15, 0.2) is 18.2 Å². The van der Waals surface area contributed by atoms with Crippen molar-refractivity contribution in [3.05, 3.63) is 23.9 Å². The van der Waals surface area contributed by atoms with Crippen LogP contribution in [-0.2, 0) is 6.54 Å². The van der Waals surface area contributed by atoms with E-state index in [0.717, 1.165) is 25.1 Å². The molecule has 4 nitrogen and oxygen atoms in total. The van der Waals surface area contributed by atoms with Gasteiger partial charge in [-0.15, -0.1) is 0 Å². The first-order valence-corrected chi connectivity index (χ1v) is 6.65. The molecule has 1 fully saturated rings. The molecule has 1 aliphatic carbocycles. The minimum atomic E-state index is 0.407. The molecule has 0 spiro atoms. The molecule has 0 unspecified atom stereocenters. The highest BCUT2D eigenvalue weighted by molar-refractivity contribution is 5.15. The highest BCUT2D eigenvalue weighted by Gasteiger charge is 2.22. The smallest absolute Gasteiger partial charge is 0.213 e. The average Bonchev–Trinajstić information content (AvgIpc) is 2.39. The summed E-state index contributed by atoms with van der Waals surface area (Å²) in [7, 11) is 3.82. The van der Waals surface area contributed by atoms with Crippen molar-refractivity contribution in [1.82, 2.24) is 9.88 Å². The number of ether oxygens (including phenoxy) is 1. The molecule has 4 heteroatoms. The van der Waals surface area contributed by atoms with Gasteiger partial charge in [-0.25, -0.2) is 4.98 Å². The predicted molar refractivity (Wildman–Crippen MR) is 72.5 cm³/mol. The van der Waals surface area contributed by atoms with Crippen LogP contribution in [0.3, 0.4) is 0 Å². The van der Waals surface area contributed by atoms with E-state index < -0.39 is 0 Å². The topological polar surface area (TPSA) is 51.4 Å². The summed E-state index contributed by atoms with van der Waals surface area (Å²) in [5.74, 6) is 0.687. The van der Waals surface area contributed by atoms with Gasteiger partial charge in [0, 0.05) is 24.7 Å². The molecular formula is C14H23N3O. The van der Waals surface area contributed by atoms with Gasteiger partial charge in [0.05, 0.1) is 12.8 Å². The van der Waals surface area contributed by atoms with Gasteiger partial charge >= 0.3 is 0 Å². The van der Waals surface area contributed by atoms with Crippen LogP contribution in [0.4, 0.5) is 0 Å². The summed E-state index contributed by atoms with van der Waals surface area (Å²) in [4.78, 5) is 6.84. The molecule has 1 aromatic rings. The van der Waals surface area contributed by atoms with E-state index in [0.29, 0.717) is 18.0 Å². The largest absolute Gasteiger partial charge is 0.481 e. The van der Waals surface area contributed by atoms with Gasteiger partial charge < -0.3 is 10.5 Å². The van der Waals surface area contributed by atoms with E-state index >= 15 is 0 Å². The summed E-state index contributed by atoms with van der Waals surface area (Å²) in [5.41, 5.74) is 7.00. The molecule has 0 bridgehead atoms. The Kier molecular flexibility index (Phi) is 4.55. The Hall–Kier alpha value is -1.13. The fourth-order valence-corrected chi connectivity index (χ4v) is 2.59. The Morgan fingerprint density at radius 2 is 2.06 bits per heavy atom. The van der Waals surface area contributed by atoms with E-state index in [2.05, 4.69) is 16.9 Å². The van der Waals surface area contributed by atoms with Crippen LogP contribution in [0.1, 0.15) is 31.4 Å². The third-order valence-corrected chi connectivity index (χ3v) is 3.77. The Balaban J connectivity index is 1.91. The predicted octanol–water partition coefficient (Wildman–Crippen LogP) is 1.79. The first-order chi connectivity index (χ1) is 8.69. The molecule has 1 heterocycles. The third kappa shape index (κ3) is 3.43. The van der Waals surface area contributed by atoms with Crippen LogP contribution >= 0.6 is 0 Å². The van der Waals surface area contributed by atoms with Crippen LogP contribution in [0.5, 0.6) is 5.88 Å². The van der Waals surface area contributed by atoms with Gasteiger partial charge in [0.2, 0.25) is 5.88 Å². The molecule has 0 amide bonds. The van der Waals surface area contributed by atoms with Crippen LogP contribution in [0.2, 0.25) is 0 Å². The molecule has 0 atom stereocenters. The lowest BCUT2D eigenvalue weighted by atomic mass is 9.91. The fourth-order valence-electron chi connectivity index (χ4n) is 2.59. The van der Waals surface area contributed by atoms with E-state index in [9.17, 15) is 0 Å². The number of nitrogens with two attached hydrogens (primary N) is 1. The Morgan fingerprint density at radius 1 is 1.33 bits per heavy atom. The summed E-state index contributed by atoms with van der Waals surface area (Å²) < 4.78 is 5.15. The Morgan fingerprint density at radius 3 is 2.72 bits per heavy atom. The van der Waals surface area contributed by atoms with Gasteiger partial charge in [-0.05, 0) is 38.8 Å². The van der Waals surface area contributed by atoms with Gasteiger partial charge in [-0.1, -0.05) is 6.07 Å². The monoisotopic (exact) mass is 249 g/mol. The zero-order valence-corrected chi connectivity index (χ0v) is 11.3. The molecule has 1 aliphatic rings. The molecule has 0 saturated heterocycles. The second-order valence-electron chi connectivity index (χ2n) is 5.16. The van der Waals surface area contributed by atoms with E-state index in [4.69, 9.17) is 10.5 Å². The lowest BCUT2D eigenvalue weighted by Gasteiger charge is -2.33. The summed E-state index contributed by atoms with van der Waals surface area (Å²) in [5, 5.41) is 0. The molecule has 2 N–H and O–H groups in total. The van der Waals surface area contributed by atoms with Crippen LogP contribution in [0, 0.1) is 0 Å². The number of methoxy groups -OCH3 is 1. The van der Waals surface area contributed by atoms with Gasteiger partial charge in [-0.2, -0.15) is 0 Å². The van der Waals surface area contributed by atoms with Crippen molar-refractivity contribution in [3.8, 4) is 5.88 Å². The molecule has 18 heavy (non-hydrogen) atoms. The van der Waals surface area contributed by atoms with Gasteiger partial charge in [0.1, 0.15) is 0 Å². The first-order valence-electron chi connectivity index (χ1n) is 6.65. The van der Waals surface area contributed by atoms with Gasteiger partial charge in [-0.3, -0.25) is 4.90 Å². The molecule has 1 aromatic heterocycles. The zero-order chi connectivity index (χ0) is 13.0. The zero-order valence-electron chi connectivity index (χ0n) is 11.3. The number of aromatic nitrogens is 1. The molecular weight excluding hydrogens is 226 g/mol. The summed E-state index contributed by atoms with van der Waals surface area (Å²) in [6.07, 6.45) is 4.67. The Bertz CT molecular complexity index is 375. The molecule has 0 aromatic carbocycles. The van der Waals surface area contributed by atoms with Crippen molar-refractivity contribution >= 4 is 0 Å². The van der Waals surface area contributed by atoms with Crippen LogP contribution in [0.25, 0.3) is 0 Å². The number of nitrogens with zero attached hydrogens (tertiary/aromatic N) is 2. The maximum atomic E-state index is 5.94. The van der Waals surface area contributed by atoms with Crippen molar-refractivity contribution in [2.24, 2.45) is 5.73 Å². The molecule has 2 rings (SSSR count). The number of hydrogen-bond acceptors (Lipinski definition) is 4. The normalized spacial score (nSPS) is 24.2. The minimum Gasteiger partial charge on any atom is -0.481 e. The first kappa shape index (κ1) is 13.3. The average molecular weight is 249 g/mol. The second-order valence-corrected chi connectivity index (χ2v) is 5.16. The van der Waals surface area contributed by atoms with Crippen LogP contribution in [-0.4, -0.2) is 36.1 Å². The van der Waals surface area contributed by atoms with E-state index in [1.54, 1.807) is 7.11 Å². The second kappa shape index (κ2) is 6.16. The van der Waals surface area contributed by atoms with Crippen molar-refractivity contribution < 1.29 is 4.74 Å². The third-order valence-electron chi connectivity index (χ3n) is 3.77. The summed E-state index contributed by atoms with van der Waals surface area (Å²) >= 11 is 0. The van der Waals surface area contributed by atoms with Gasteiger partial charge in [0.15, 0.2) is 0 Å². The lowest BCUT2D eigenvalue weighted by molar-refractivity contribution is 0.174. The number of hydrogen-bond donors (Lipinski definition) is 1. The molecule has 1 saturated carbocycles. The quantitative estimate of drug-likeness (QED) is 0.884. The van der Waals surface area contributed by atoms with Crippen LogP contribution < -0.4 is 10.5 Å². The lowest BCUT2D eigenvalue weighted by Crippen LogP contribution is -2.38. The maximum absolute atomic E-state index is 5.94. The van der Waals surface area contributed by atoms with E-state index in [1.807, 2.05) is 18.2 Å².